The van der Waals surface area contributed by atoms with Crippen LogP contribution < -0.4 is 0 Å². The van der Waals surface area contributed by atoms with E-state index < -0.39 is 11.5 Å². The molecule has 0 radical (unpaired) electrons. The van der Waals surface area contributed by atoms with Crippen LogP contribution in [0.2, 0.25) is 5.02 Å². The lowest BCUT2D eigenvalue weighted by Gasteiger charge is -2.35. The minimum Gasteiger partial charge on any atom is -0.387 e. The van der Waals surface area contributed by atoms with Gasteiger partial charge in [-0.25, -0.2) is 0 Å². The Morgan fingerprint density at radius 1 is 1.33 bits per heavy atom. The van der Waals surface area contributed by atoms with Crippen LogP contribution in [0.15, 0.2) is 18.2 Å². The van der Waals surface area contributed by atoms with Gasteiger partial charge in [-0.15, -0.1) is 0 Å². The summed E-state index contributed by atoms with van der Waals surface area (Å²) in [4.78, 5) is 0. The van der Waals surface area contributed by atoms with E-state index in [-0.39, 0.29) is 0 Å². The van der Waals surface area contributed by atoms with Crippen LogP contribution >= 0.6 is 11.6 Å². The molecule has 1 aromatic rings. The van der Waals surface area contributed by atoms with Gasteiger partial charge in [0.2, 0.25) is 0 Å². The van der Waals surface area contributed by atoms with Gasteiger partial charge in [0.05, 0.1) is 17.6 Å². The van der Waals surface area contributed by atoms with Crippen molar-refractivity contribution in [3.05, 3.63) is 34.3 Å². The maximum Gasteiger partial charge on any atom is 0.0976 e. The quantitative estimate of drug-likeness (QED) is 0.871. The molecule has 0 aliphatic heterocycles. The lowest BCUT2D eigenvalue weighted by molar-refractivity contribution is 0.0360. The van der Waals surface area contributed by atoms with E-state index in [0.29, 0.717) is 5.02 Å². The first-order valence-corrected chi connectivity index (χ1v) is 6.82. The van der Waals surface area contributed by atoms with Crippen molar-refractivity contribution >= 4 is 11.6 Å². The summed E-state index contributed by atoms with van der Waals surface area (Å²) in [6, 6.07) is 7.92. The first-order chi connectivity index (χ1) is 8.59. The first-order valence-electron chi connectivity index (χ1n) is 6.44. The second-order valence-corrected chi connectivity index (χ2v) is 5.65. The van der Waals surface area contributed by atoms with E-state index in [1.54, 1.807) is 6.07 Å². The Hall–Kier alpha value is -1.04. The summed E-state index contributed by atoms with van der Waals surface area (Å²) in [5, 5.41) is 20.6. The SMILES string of the molecule is Cc1ccc(C(O)C2(C#N)CCCCC2)cc1Cl. The molecule has 1 saturated carbocycles. The molecule has 1 N–H and O–H groups in total. The molecule has 96 valence electrons. The van der Waals surface area contributed by atoms with Gasteiger partial charge < -0.3 is 5.11 Å². The molecule has 2 rings (SSSR count). The molecular weight excluding hydrogens is 246 g/mol. The van der Waals surface area contributed by atoms with Crippen LogP contribution in [0.1, 0.15) is 49.3 Å². The van der Waals surface area contributed by atoms with E-state index in [0.717, 1.165) is 43.2 Å². The maximum atomic E-state index is 10.5. The van der Waals surface area contributed by atoms with Crippen LogP contribution in [0.25, 0.3) is 0 Å². The van der Waals surface area contributed by atoms with Crippen LogP contribution in [0, 0.1) is 23.7 Å². The van der Waals surface area contributed by atoms with Gasteiger partial charge in [-0.05, 0) is 37.0 Å². The predicted octanol–water partition coefficient (Wildman–Crippen LogP) is 4.16. The molecule has 1 unspecified atom stereocenters. The molecule has 1 atom stereocenters. The summed E-state index contributed by atoms with van der Waals surface area (Å²) in [6.07, 6.45) is 4.01. The molecule has 0 aromatic heterocycles. The number of nitrogens with zero attached hydrogens (tertiary/aromatic N) is 1. The minimum atomic E-state index is -0.735. The fourth-order valence-electron chi connectivity index (χ4n) is 2.73. The number of hydrogen-bond donors (Lipinski definition) is 1. The largest absolute Gasteiger partial charge is 0.387 e. The Morgan fingerprint density at radius 2 is 2.00 bits per heavy atom. The lowest BCUT2D eigenvalue weighted by atomic mass is 9.69. The van der Waals surface area contributed by atoms with Crippen LogP contribution in [0.5, 0.6) is 0 Å². The zero-order valence-electron chi connectivity index (χ0n) is 10.6. The van der Waals surface area contributed by atoms with Gasteiger partial charge in [-0.1, -0.05) is 43.0 Å². The second kappa shape index (κ2) is 5.30. The molecule has 0 heterocycles. The Bertz CT molecular complexity index is 472. The summed E-state index contributed by atoms with van der Waals surface area (Å²) < 4.78 is 0. The van der Waals surface area contributed by atoms with Crippen LogP contribution in [0.4, 0.5) is 0 Å². The molecule has 18 heavy (non-hydrogen) atoms. The van der Waals surface area contributed by atoms with Crippen molar-refractivity contribution in [2.75, 3.05) is 0 Å². The Labute approximate surface area is 113 Å². The average molecular weight is 264 g/mol. The highest BCUT2D eigenvalue weighted by atomic mass is 35.5. The zero-order chi connectivity index (χ0) is 13.2. The zero-order valence-corrected chi connectivity index (χ0v) is 11.4. The Morgan fingerprint density at radius 3 is 2.56 bits per heavy atom. The number of halogens is 1. The van der Waals surface area contributed by atoms with Gasteiger partial charge in [0.15, 0.2) is 0 Å². The fraction of sp³-hybridized carbons (Fsp3) is 0.533. The fourth-order valence-corrected chi connectivity index (χ4v) is 2.92. The number of aliphatic hydroxyl groups excluding tert-OH is 1. The van der Waals surface area contributed by atoms with E-state index in [1.807, 2.05) is 19.1 Å². The summed E-state index contributed by atoms with van der Waals surface area (Å²) in [5.41, 5.74) is 1.12. The van der Waals surface area contributed by atoms with E-state index in [4.69, 9.17) is 11.6 Å². The third-order valence-corrected chi connectivity index (χ3v) is 4.41. The number of rotatable bonds is 2. The van der Waals surface area contributed by atoms with Gasteiger partial charge >= 0.3 is 0 Å². The van der Waals surface area contributed by atoms with Crippen molar-refractivity contribution in [2.24, 2.45) is 5.41 Å². The third kappa shape index (κ3) is 2.39. The van der Waals surface area contributed by atoms with Crippen LogP contribution in [-0.4, -0.2) is 5.11 Å². The highest BCUT2D eigenvalue weighted by Crippen LogP contribution is 2.45. The average Bonchev–Trinajstić information content (AvgIpc) is 2.42. The normalized spacial score (nSPS) is 20.1. The summed E-state index contributed by atoms with van der Waals surface area (Å²) in [5.74, 6) is 0. The molecule has 0 saturated heterocycles. The highest BCUT2D eigenvalue weighted by Gasteiger charge is 2.40. The van der Waals surface area contributed by atoms with E-state index in [1.165, 1.54) is 0 Å². The van der Waals surface area contributed by atoms with Crippen molar-refractivity contribution < 1.29 is 5.11 Å². The predicted molar refractivity (Wildman–Crippen MR) is 72.3 cm³/mol. The van der Waals surface area contributed by atoms with Crippen molar-refractivity contribution in [3.63, 3.8) is 0 Å². The molecule has 0 spiro atoms. The van der Waals surface area contributed by atoms with Gasteiger partial charge in [0.1, 0.15) is 0 Å². The minimum absolute atomic E-state index is 0.628. The van der Waals surface area contributed by atoms with Crippen molar-refractivity contribution in [2.45, 2.75) is 45.1 Å². The van der Waals surface area contributed by atoms with Gasteiger partial charge in [-0.3, -0.25) is 0 Å². The number of benzene rings is 1. The third-order valence-electron chi connectivity index (χ3n) is 4.00. The van der Waals surface area contributed by atoms with Crippen molar-refractivity contribution in [1.82, 2.24) is 0 Å². The molecule has 1 aromatic carbocycles. The van der Waals surface area contributed by atoms with Gasteiger partial charge in [0.25, 0.3) is 0 Å². The van der Waals surface area contributed by atoms with Crippen LogP contribution in [0.3, 0.4) is 0 Å². The Kier molecular flexibility index (Phi) is 3.94. The molecular formula is C15H18ClNO. The number of nitriles is 1. The molecule has 0 bridgehead atoms. The topological polar surface area (TPSA) is 44.0 Å². The first kappa shape index (κ1) is 13.4. The van der Waals surface area contributed by atoms with Crippen LogP contribution in [-0.2, 0) is 0 Å². The Balaban J connectivity index is 2.31. The van der Waals surface area contributed by atoms with Crippen molar-refractivity contribution in [3.8, 4) is 6.07 Å². The lowest BCUT2D eigenvalue weighted by Crippen LogP contribution is -2.30. The molecule has 0 amide bonds. The summed E-state index contributed by atoms with van der Waals surface area (Å²) >= 11 is 6.09. The van der Waals surface area contributed by atoms with E-state index in [9.17, 15) is 10.4 Å². The summed E-state index contributed by atoms with van der Waals surface area (Å²) in [7, 11) is 0. The van der Waals surface area contributed by atoms with Gasteiger partial charge in [-0.2, -0.15) is 5.26 Å². The highest BCUT2D eigenvalue weighted by molar-refractivity contribution is 6.31. The standard InChI is InChI=1S/C15H18ClNO/c1-11-5-6-12(9-13(11)16)14(18)15(10-17)7-3-2-4-8-15/h5-6,9,14,18H,2-4,7-8H2,1H3. The van der Waals surface area contributed by atoms with Gasteiger partial charge in [0, 0.05) is 5.02 Å². The second-order valence-electron chi connectivity index (χ2n) is 5.24. The smallest absolute Gasteiger partial charge is 0.0976 e. The molecule has 1 aliphatic carbocycles. The van der Waals surface area contributed by atoms with E-state index >= 15 is 0 Å². The number of aryl methyl sites for hydroxylation is 1. The maximum absolute atomic E-state index is 10.5. The van der Waals surface area contributed by atoms with Crippen molar-refractivity contribution in [1.29, 1.82) is 5.26 Å². The number of hydrogen-bond acceptors (Lipinski definition) is 2. The molecule has 1 aliphatic rings. The molecule has 2 nitrogen and oxygen atoms in total. The summed E-state index contributed by atoms with van der Waals surface area (Å²) in [6.45, 7) is 1.93. The van der Waals surface area contributed by atoms with E-state index in [2.05, 4.69) is 6.07 Å². The molecule has 3 heteroatoms. The number of aliphatic hydroxyl groups is 1. The monoisotopic (exact) mass is 263 g/mol. The molecule has 1 fully saturated rings.